The Bertz CT molecular complexity index is 760. The van der Waals surface area contributed by atoms with E-state index in [-0.39, 0.29) is 23.7 Å². The van der Waals surface area contributed by atoms with Crippen LogP contribution in [0.4, 0.5) is 4.79 Å². The third-order valence-corrected chi connectivity index (χ3v) is 6.72. The Kier molecular flexibility index (Phi) is 8.54. The number of ether oxygens (including phenoxy) is 1. The van der Waals surface area contributed by atoms with Gasteiger partial charge in [-0.1, -0.05) is 57.1 Å². The van der Waals surface area contributed by atoms with Crippen LogP contribution < -0.4 is 10.6 Å². The van der Waals surface area contributed by atoms with Crippen molar-refractivity contribution in [2.45, 2.75) is 102 Å². The number of nitrogens with zero attached hydrogens (tertiary/aromatic N) is 1. The van der Waals surface area contributed by atoms with Crippen LogP contribution in [-0.4, -0.2) is 59.4 Å². The second-order valence-electron chi connectivity index (χ2n) is 10.6. The first-order chi connectivity index (χ1) is 15.7. The van der Waals surface area contributed by atoms with Crippen LogP contribution in [-0.2, 0) is 19.1 Å². The molecular formula is C25H39N3O5. The number of carbonyl (C=O) groups excluding carboxylic acids is 4. The molecule has 3 aliphatic rings. The van der Waals surface area contributed by atoms with E-state index in [1.54, 1.807) is 25.7 Å². The minimum atomic E-state index is -0.748. The highest BCUT2D eigenvalue weighted by Gasteiger charge is 2.50. The second-order valence-corrected chi connectivity index (χ2v) is 10.6. The maximum absolute atomic E-state index is 13.6. The number of nitrogens with one attached hydrogen (secondary N) is 2. The third kappa shape index (κ3) is 6.81. The van der Waals surface area contributed by atoms with E-state index < -0.39 is 29.8 Å². The zero-order valence-corrected chi connectivity index (χ0v) is 20.2. The van der Waals surface area contributed by atoms with Crippen LogP contribution in [0.5, 0.6) is 0 Å². The number of aldehydes is 1. The van der Waals surface area contributed by atoms with E-state index >= 15 is 0 Å². The van der Waals surface area contributed by atoms with Gasteiger partial charge in [0.1, 0.15) is 24.0 Å². The van der Waals surface area contributed by atoms with E-state index in [1.807, 2.05) is 12.2 Å². The number of hydrogen-bond donors (Lipinski definition) is 2. The SMILES string of the molecule is CC(C)(C)OC(=O)N[C@H]1CCCCCCCCC[C@@H](C=O)NC(=O)[C@@H]2C3C=C[C@H]3CN2C1=O. The molecule has 3 rings (SSSR count). The van der Waals surface area contributed by atoms with Crippen molar-refractivity contribution >= 4 is 24.2 Å². The van der Waals surface area contributed by atoms with Crippen LogP contribution in [0.2, 0.25) is 0 Å². The fourth-order valence-corrected chi connectivity index (χ4v) is 4.96. The highest BCUT2D eigenvalue weighted by molar-refractivity contribution is 5.93. The largest absolute Gasteiger partial charge is 0.444 e. The number of amides is 3. The standard InChI is InChI=1S/C25H39N3O5/c1-25(2,3)33-24(32)27-20-12-10-8-6-4-5-7-9-11-18(16-29)26-22(30)21-19-14-13-17(19)15-28(21)23(20)31/h13-14,16-21H,4-12,15H2,1-3H3,(H,26,30)(H,27,32)/t17-,18-,19?,20-,21-/m0/s1. The first-order valence-electron chi connectivity index (χ1n) is 12.4. The van der Waals surface area contributed by atoms with Crippen molar-refractivity contribution in [3.8, 4) is 0 Å². The molecule has 8 heteroatoms. The van der Waals surface area contributed by atoms with Gasteiger partial charge >= 0.3 is 6.09 Å². The summed E-state index contributed by atoms with van der Waals surface area (Å²) < 4.78 is 5.39. The topological polar surface area (TPSA) is 105 Å². The van der Waals surface area contributed by atoms with E-state index in [9.17, 15) is 19.2 Å². The molecule has 2 saturated heterocycles. The predicted molar refractivity (Wildman–Crippen MR) is 124 cm³/mol. The number of fused-ring (bicyclic) bond motifs is 3. The highest BCUT2D eigenvalue weighted by Crippen LogP contribution is 2.39. The van der Waals surface area contributed by atoms with Gasteiger partial charge in [0.25, 0.3) is 0 Å². The van der Waals surface area contributed by atoms with Crippen LogP contribution in [0.15, 0.2) is 12.2 Å². The van der Waals surface area contributed by atoms with E-state index in [4.69, 9.17) is 4.74 Å². The third-order valence-electron chi connectivity index (χ3n) is 6.72. The minimum Gasteiger partial charge on any atom is -0.444 e. The molecule has 184 valence electrons. The quantitative estimate of drug-likeness (QED) is 0.486. The van der Waals surface area contributed by atoms with E-state index in [0.29, 0.717) is 19.4 Å². The summed E-state index contributed by atoms with van der Waals surface area (Å²) in [5.41, 5.74) is -0.672. The number of carbonyl (C=O) groups is 4. The lowest BCUT2D eigenvalue weighted by Gasteiger charge is -2.32. The van der Waals surface area contributed by atoms with Crippen molar-refractivity contribution in [1.82, 2.24) is 15.5 Å². The summed E-state index contributed by atoms with van der Waals surface area (Å²) in [5, 5.41) is 5.63. The molecule has 2 aliphatic heterocycles. The Labute approximate surface area is 196 Å². The molecule has 2 heterocycles. The van der Waals surface area contributed by atoms with Gasteiger partial charge in [0.15, 0.2) is 0 Å². The maximum Gasteiger partial charge on any atom is 0.408 e. The first-order valence-corrected chi connectivity index (χ1v) is 12.4. The maximum atomic E-state index is 13.6. The molecular weight excluding hydrogens is 422 g/mol. The van der Waals surface area contributed by atoms with E-state index in [1.165, 1.54) is 0 Å². The fraction of sp³-hybridized carbons (Fsp3) is 0.760. The lowest BCUT2D eigenvalue weighted by Crippen LogP contribution is -2.56. The summed E-state index contributed by atoms with van der Waals surface area (Å²) in [7, 11) is 0. The molecule has 2 N–H and O–H groups in total. The molecule has 3 amide bonds. The molecule has 0 radical (unpaired) electrons. The minimum absolute atomic E-state index is 0.0534. The zero-order valence-electron chi connectivity index (χ0n) is 20.2. The molecule has 0 bridgehead atoms. The van der Waals surface area contributed by atoms with Crippen LogP contribution >= 0.6 is 0 Å². The Morgan fingerprint density at radius 3 is 2.27 bits per heavy atom. The Morgan fingerprint density at radius 1 is 1.06 bits per heavy atom. The normalized spacial score (nSPS) is 31.6. The molecule has 33 heavy (non-hydrogen) atoms. The number of alkyl carbamates (subject to hydrolysis) is 1. The monoisotopic (exact) mass is 461 g/mol. The van der Waals surface area contributed by atoms with E-state index in [2.05, 4.69) is 10.6 Å². The molecule has 5 atom stereocenters. The summed E-state index contributed by atoms with van der Waals surface area (Å²) in [5.74, 6) is -0.474. The molecule has 0 aromatic heterocycles. The lowest BCUT2D eigenvalue weighted by molar-refractivity contribution is -0.141. The van der Waals surface area contributed by atoms with Crippen molar-refractivity contribution < 1.29 is 23.9 Å². The zero-order chi connectivity index (χ0) is 24.0. The fourth-order valence-electron chi connectivity index (χ4n) is 4.96. The molecule has 8 nitrogen and oxygen atoms in total. The number of rotatable bonds is 2. The smallest absolute Gasteiger partial charge is 0.408 e. The van der Waals surface area contributed by atoms with Crippen LogP contribution in [0.3, 0.4) is 0 Å². The summed E-state index contributed by atoms with van der Waals surface area (Å²) in [4.78, 5) is 52.5. The van der Waals surface area contributed by atoms with Crippen molar-refractivity contribution in [3.63, 3.8) is 0 Å². The molecule has 2 fully saturated rings. The van der Waals surface area contributed by atoms with Crippen LogP contribution in [0.1, 0.15) is 78.6 Å². The van der Waals surface area contributed by atoms with Gasteiger partial charge < -0.3 is 25.1 Å². The van der Waals surface area contributed by atoms with Crippen molar-refractivity contribution in [2.75, 3.05) is 6.54 Å². The first kappa shape index (κ1) is 25.2. The van der Waals surface area contributed by atoms with Crippen LogP contribution in [0, 0.1) is 11.8 Å². The van der Waals surface area contributed by atoms with Crippen molar-refractivity contribution in [1.29, 1.82) is 0 Å². The van der Waals surface area contributed by atoms with Gasteiger partial charge in [-0.3, -0.25) is 9.59 Å². The summed E-state index contributed by atoms with van der Waals surface area (Å²) in [6, 6.07) is -1.95. The van der Waals surface area contributed by atoms with Gasteiger partial charge in [-0.25, -0.2) is 4.79 Å². The summed E-state index contributed by atoms with van der Waals surface area (Å²) >= 11 is 0. The Hall–Kier alpha value is -2.38. The summed E-state index contributed by atoms with van der Waals surface area (Å²) in [6.07, 6.45) is 12.2. The van der Waals surface area contributed by atoms with Crippen LogP contribution in [0.25, 0.3) is 0 Å². The molecule has 1 unspecified atom stereocenters. The van der Waals surface area contributed by atoms with Crippen molar-refractivity contribution in [3.05, 3.63) is 12.2 Å². The van der Waals surface area contributed by atoms with Gasteiger partial charge in [0.2, 0.25) is 11.8 Å². The molecule has 0 aromatic carbocycles. The number of hydrogen-bond acceptors (Lipinski definition) is 5. The average Bonchev–Trinajstić information content (AvgIpc) is 2.98. The molecule has 1 aliphatic carbocycles. The Morgan fingerprint density at radius 2 is 1.70 bits per heavy atom. The Balaban J connectivity index is 1.79. The average molecular weight is 462 g/mol. The second kappa shape index (κ2) is 11.2. The predicted octanol–water partition coefficient (Wildman–Crippen LogP) is 3.10. The molecule has 0 saturated carbocycles. The molecule has 0 aromatic rings. The van der Waals surface area contributed by atoms with Crippen molar-refractivity contribution in [2.24, 2.45) is 11.8 Å². The molecule has 0 spiro atoms. The van der Waals surface area contributed by atoms with E-state index in [0.717, 1.165) is 51.2 Å². The highest BCUT2D eigenvalue weighted by atomic mass is 16.6. The lowest BCUT2D eigenvalue weighted by atomic mass is 9.81. The van der Waals surface area contributed by atoms with Gasteiger partial charge in [0, 0.05) is 18.4 Å². The van der Waals surface area contributed by atoms with Gasteiger partial charge in [0.05, 0.1) is 6.04 Å². The van der Waals surface area contributed by atoms with Gasteiger partial charge in [-0.05, 0) is 33.6 Å². The van der Waals surface area contributed by atoms with Gasteiger partial charge in [-0.2, -0.15) is 0 Å². The summed E-state index contributed by atoms with van der Waals surface area (Å²) in [6.45, 7) is 5.78. The van der Waals surface area contributed by atoms with Gasteiger partial charge in [-0.15, -0.1) is 0 Å².